The molecule has 2 aromatic rings. The first-order valence-corrected chi connectivity index (χ1v) is 7.20. The fourth-order valence-electron chi connectivity index (χ4n) is 3.00. The topological polar surface area (TPSA) is 53.4 Å². The Balaban J connectivity index is 2.10. The first-order valence-electron chi connectivity index (χ1n) is 7.20. The van der Waals surface area contributed by atoms with E-state index in [1.165, 1.54) is 6.07 Å². The number of nitrogens with zero attached hydrogens (tertiary/aromatic N) is 2. The molecule has 1 atom stereocenters. The van der Waals surface area contributed by atoms with Crippen LogP contribution < -0.4 is 4.90 Å². The fourth-order valence-corrected chi connectivity index (χ4v) is 3.00. The number of carboxylic acids is 1. The van der Waals surface area contributed by atoms with Crippen molar-refractivity contribution in [3.05, 3.63) is 35.5 Å². The maximum absolute atomic E-state index is 14.0. The molecule has 0 bridgehead atoms. The molecule has 1 saturated heterocycles. The van der Waals surface area contributed by atoms with Gasteiger partial charge in [0, 0.05) is 29.9 Å². The third-order valence-corrected chi connectivity index (χ3v) is 4.09. The number of carbonyl (C=O) groups is 1. The number of halogens is 2. The Morgan fingerprint density at radius 1 is 1.41 bits per heavy atom. The van der Waals surface area contributed by atoms with Crippen molar-refractivity contribution in [2.24, 2.45) is 5.92 Å². The van der Waals surface area contributed by atoms with Gasteiger partial charge in [0.15, 0.2) is 11.6 Å². The van der Waals surface area contributed by atoms with Crippen molar-refractivity contribution in [1.82, 2.24) is 4.98 Å². The summed E-state index contributed by atoms with van der Waals surface area (Å²) in [6.45, 7) is 2.78. The third-order valence-electron chi connectivity index (χ3n) is 4.09. The highest BCUT2D eigenvalue weighted by molar-refractivity contribution is 5.92. The Bertz CT molecular complexity index is 748. The highest BCUT2D eigenvalue weighted by Crippen LogP contribution is 2.32. The van der Waals surface area contributed by atoms with Crippen molar-refractivity contribution < 1.29 is 18.7 Å². The number of benzene rings is 1. The van der Waals surface area contributed by atoms with Crippen LogP contribution in [0.25, 0.3) is 10.9 Å². The third kappa shape index (κ3) is 2.49. The van der Waals surface area contributed by atoms with Gasteiger partial charge in [-0.3, -0.25) is 4.79 Å². The molecule has 3 rings (SSSR count). The first kappa shape index (κ1) is 14.7. The smallest absolute Gasteiger partial charge is 0.308 e. The van der Waals surface area contributed by atoms with E-state index in [2.05, 4.69) is 4.98 Å². The summed E-state index contributed by atoms with van der Waals surface area (Å²) in [5, 5.41) is 9.71. The minimum Gasteiger partial charge on any atom is -0.481 e. The van der Waals surface area contributed by atoms with E-state index in [9.17, 15) is 18.7 Å². The first-order chi connectivity index (χ1) is 10.5. The number of piperidine rings is 1. The zero-order valence-electron chi connectivity index (χ0n) is 12.1. The van der Waals surface area contributed by atoms with Crippen LogP contribution in [0.5, 0.6) is 0 Å². The Hall–Kier alpha value is -2.24. The number of rotatable bonds is 2. The second-order valence-electron chi connectivity index (χ2n) is 5.66. The molecule has 6 heteroatoms. The van der Waals surface area contributed by atoms with Crippen molar-refractivity contribution in [2.45, 2.75) is 19.8 Å². The zero-order chi connectivity index (χ0) is 15.9. The molecule has 0 amide bonds. The van der Waals surface area contributed by atoms with Gasteiger partial charge >= 0.3 is 5.97 Å². The van der Waals surface area contributed by atoms with Gasteiger partial charge in [0.05, 0.1) is 5.92 Å². The fraction of sp³-hybridized carbons (Fsp3) is 0.375. The predicted octanol–water partition coefficient (Wildman–Crippen LogP) is 3.12. The molecule has 0 spiro atoms. The summed E-state index contributed by atoms with van der Waals surface area (Å²) in [4.78, 5) is 17.2. The second-order valence-corrected chi connectivity index (χ2v) is 5.66. The number of fused-ring (bicyclic) bond motifs is 1. The second kappa shape index (κ2) is 5.51. The normalized spacial score (nSPS) is 18.7. The Kier molecular flexibility index (Phi) is 3.68. The quantitative estimate of drug-likeness (QED) is 0.926. The summed E-state index contributed by atoms with van der Waals surface area (Å²) in [6.07, 6.45) is 1.39. The van der Waals surface area contributed by atoms with Crippen LogP contribution >= 0.6 is 0 Å². The summed E-state index contributed by atoms with van der Waals surface area (Å²) in [6, 6.07) is 4.38. The number of anilines is 1. The van der Waals surface area contributed by atoms with E-state index in [1.807, 2.05) is 4.90 Å². The molecule has 0 aliphatic carbocycles. The lowest BCUT2D eigenvalue weighted by Gasteiger charge is -2.33. The van der Waals surface area contributed by atoms with E-state index in [1.54, 1.807) is 13.0 Å². The molecule has 1 aromatic carbocycles. The van der Waals surface area contributed by atoms with E-state index in [4.69, 9.17) is 0 Å². The van der Waals surface area contributed by atoms with Crippen molar-refractivity contribution in [3.63, 3.8) is 0 Å². The minimum atomic E-state index is -0.964. The van der Waals surface area contributed by atoms with E-state index in [-0.39, 0.29) is 5.52 Å². The number of hydrogen-bond donors (Lipinski definition) is 1. The van der Waals surface area contributed by atoms with Crippen LogP contribution in [0.15, 0.2) is 18.2 Å². The van der Waals surface area contributed by atoms with Crippen LogP contribution in [0.2, 0.25) is 0 Å². The van der Waals surface area contributed by atoms with Gasteiger partial charge in [0.1, 0.15) is 5.52 Å². The molecular formula is C16H16F2N2O2. The molecule has 1 aromatic heterocycles. The van der Waals surface area contributed by atoms with Crippen LogP contribution in [0.1, 0.15) is 18.5 Å². The van der Waals surface area contributed by atoms with Crippen LogP contribution in [0.4, 0.5) is 14.5 Å². The van der Waals surface area contributed by atoms with Crippen molar-refractivity contribution in [1.29, 1.82) is 0 Å². The number of hydrogen-bond acceptors (Lipinski definition) is 3. The summed E-state index contributed by atoms with van der Waals surface area (Å²) in [5.41, 5.74) is 1.28. The molecule has 0 saturated carbocycles. The monoisotopic (exact) mass is 306 g/mol. The lowest BCUT2D eigenvalue weighted by molar-refractivity contribution is -0.141. The van der Waals surface area contributed by atoms with Gasteiger partial charge in [0.25, 0.3) is 0 Å². The highest BCUT2D eigenvalue weighted by atomic mass is 19.2. The number of carboxylic acid groups (broad SMARTS) is 1. The van der Waals surface area contributed by atoms with Crippen LogP contribution in [0, 0.1) is 24.5 Å². The minimum absolute atomic E-state index is 0.00699. The van der Waals surface area contributed by atoms with Gasteiger partial charge in [-0.05, 0) is 38.0 Å². The number of aliphatic carboxylic acids is 1. The Morgan fingerprint density at radius 3 is 2.91 bits per heavy atom. The van der Waals surface area contributed by atoms with Crippen LogP contribution in [-0.4, -0.2) is 29.1 Å². The van der Waals surface area contributed by atoms with Gasteiger partial charge in [-0.2, -0.15) is 0 Å². The van der Waals surface area contributed by atoms with Crippen molar-refractivity contribution >= 4 is 22.6 Å². The SMILES string of the molecule is Cc1cc(N2CCCC(C(=O)O)C2)c2ccc(F)c(F)c2n1. The lowest BCUT2D eigenvalue weighted by Crippen LogP contribution is -2.38. The standard InChI is InChI=1S/C16H16F2N2O2/c1-9-7-13(20-6-2-3-10(8-20)16(21)22)11-4-5-12(17)14(18)15(11)19-9/h4-5,7,10H,2-3,6,8H2,1H3,(H,21,22). The molecule has 4 nitrogen and oxygen atoms in total. The van der Waals surface area contributed by atoms with E-state index in [0.29, 0.717) is 36.3 Å². The largest absolute Gasteiger partial charge is 0.481 e. The molecule has 2 heterocycles. The van der Waals surface area contributed by atoms with Gasteiger partial charge in [-0.25, -0.2) is 13.8 Å². The summed E-state index contributed by atoms with van der Waals surface area (Å²) in [7, 11) is 0. The highest BCUT2D eigenvalue weighted by Gasteiger charge is 2.27. The van der Waals surface area contributed by atoms with Crippen LogP contribution in [0.3, 0.4) is 0 Å². The van der Waals surface area contributed by atoms with Crippen molar-refractivity contribution in [3.8, 4) is 0 Å². The lowest BCUT2D eigenvalue weighted by atomic mass is 9.97. The van der Waals surface area contributed by atoms with Gasteiger partial charge in [-0.15, -0.1) is 0 Å². The summed E-state index contributed by atoms with van der Waals surface area (Å²) >= 11 is 0. The molecule has 22 heavy (non-hydrogen) atoms. The van der Waals surface area contributed by atoms with E-state index < -0.39 is 23.5 Å². The summed E-state index contributed by atoms with van der Waals surface area (Å²) in [5.74, 6) is -3.16. The average Bonchev–Trinajstić information content (AvgIpc) is 2.51. The number of aryl methyl sites for hydroxylation is 1. The van der Waals surface area contributed by atoms with Gasteiger partial charge in [0.2, 0.25) is 0 Å². The Labute approximate surface area is 126 Å². The predicted molar refractivity (Wildman–Crippen MR) is 79.0 cm³/mol. The van der Waals surface area contributed by atoms with E-state index >= 15 is 0 Å². The van der Waals surface area contributed by atoms with Gasteiger partial charge < -0.3 is 10.0 Å². The molecule has 1 aliphatic rings. The maximum Gasteiger partial charge on any atom is 0.308 e. The molecule has 1 aliphatic heterocycles. The van der Waals surface area contributed by atoms with E-state index in [0.717, 1.165) is 12.5 Å². The maximum atomic E-state index is 14.0. The molecule has 116 valence electrons. The molecular weight excluding hydrogens is 290 g/mol. The summed E-state index contributed by atoms with van der Waals surface area (Å²) < 4.78 is 27.4. The van der Waals surface area contributed by atoms with Crippen LogP contribution in [-0.2, 0) is 4.79 Å². The van der Waals surface area contributed by atoms with Crippen molar-refractivity contribution in [2.75, 3.05) is 18.0 Å². The molecule has 1 N–H and O–H groups in total. The Morgan fingerprint density at radius 2 is 2.18 bits per heavy atom. The number of aromatic nitrogens is 1. The van der Waals surface area contributed by atoms with Gasteiger partial charge in [-0.1, -0.05) is 0 Å². The molecule has 0 radical (unpaired) electrons. The number of pyridine rings is 1. The molecule has 1 fully saturated rings. The molecule has 1 unspecified atom stereocenters. The zero-order valence-corrected chi connectivity index (χ0v) is 12.1. The average molecular weight is 306 g/mol.